The zero-order valence-corrected chi connectivity index (χ0v) is 14.9. The fourth-order valence-electron chi connectivity index (χ4n) is 3.51. The van der Waals surface area contributed by atoms with E-state index in [2.05, 4.69) is 16.3 Å². The molecule has 2 atom stereocenters. The van der Waals surface area contributed by atoms with Gasteiger partial charge in [0.1, 0.15) is 0 Å². The highest BCUT2D eigenvalue weighted by Gasteiger charge is 2.30. The summed E-state index contributed by atoms with van der Waals surface area (Å²) in [5, 5.41) is 12.1. The van der Waals surface area contributed by atoms with Crippen molar-refractivity contribution in [1.29, 1.82) is 5.26 Å². The number of rotatable bonds is 2. The Morgan fingerprint density at radius 3 is 2.52 bits per heavy atom. The SMILES string of the molecule is C[C@@H]1OCCN(C(=O)NC2CCN(c3ccc(C#N)cc3)CC2)[C@@H]1C. The first kappa shape index (κ1) is 17.6. The molecule has 1 aromatic carbocycles. The maximum Gasteiger partial charge on any atom is 0.318 e. The third-order valence-corrected chi connectivity index (χ3v) is 5.33. The lowest BCUT2D eigenvalue weighted by Gasteiger charge is -2.40. The standard InChI is InChI=1S/C19H26N4O2/c1-14-15(2)25-12-11-23(14)19(24)21-17-7-9-22(10-8-17)18-5-3-16(13-20)4-6-18/h3-6,14-15,17H,7-12H2,1-2H3,(H,21,24)/t14-,15+/m1/s1. The lowest BCUT2D eigenvalue weighted by molar-refractivity contribution is -0.0380. The fraction of sp³-hybridized carbons (Fsp3) is 0.579. The second-order valence-electron chi connectivity index (χ2n) is 6.88. The minimum atomic E-state index is 0.0273. The molecule has 2 fully saturated rings. The van der Waals surface area contributed by atoms with Crippen molar-refractivity contribution in [2.24, 2.45) is 0 Å². The number of carbonyl (C=O) groups is 1. The first-order chi connectivity index (χ1) is 12.1. The van der Waals surface area contributed by atoms with Crippen LogP contribution in [0, 0.1) is 11.3 Å². The van der Waals surface area contributed by atoms with E-state index in [1.165, 1.54) is 0 Å². The van der Waals surface area contributed by atoms with E-state index in [0.29, 0.717) is 18.7 Å². The highest BCUT2D eigenvalue weighted by atomic mass is 16.5. The van der Waals surface area contributed by atoms with Gasteiger partial charge in [0.05, 0.1) is 30.4 Å². The molecule has 2 aliphatic rings. The van der Waals surface area contributed by atoms with Gasteiger partial charge in [-0.25, -0.2) is 4.79 Å². The normalized spacial score (nSPS) is 24.7. The van der Waals surface area contributed by atoms with Gasteiger partial charge in [-0.2, -0.15) is 5.26 Å². The van der Waals surface area contributed by atoms with Crippen LogP contribution in [0.25, 0.3) is 0 Å². The van der Waals surface area contributed by atoms with Crippen LogP contribution in [0.2, 0.25) is 0 Å². The molecule has 2 amide bonds. The van der Waals surface area contributed by atoms with E-state index in [1.54, 1.807) is 0 Å². The number of morpholine rings is 1. The molecule has 0 radical (unpaired) electrons. The summed E-state index contributed by atoms with van der Waals surface area (Å²) in [7, 11) is 0. The third kappa shape index (κ3) is 4.05. The van der Waals surface area contributed by atoms with Gasteiger partial charge in [0.25, 0.3) is 0 Å². The van der Waals surface area contributed by atoms with Gasteiger partial charge in [-0.05, 0) is 51.0 Å². The Kier molecular flexibility index (Phi) is 5.44. The summed E-state index contributed by atoms with van der Waals surface area (Å²) in [5.74, 6) is 0. The molecule has 25 heavy (non-hydrogen) atoms. The number of nitriles is 1. The van der Waals surface area contributed by atoms with Crippen molar-refractivity contribution < 1.29 is 9.53 Å². The van der Waals surface area contributed by atoms with Gasteiger partial charge in [0, 0.05) is 31.4 Å². The van der Waals surface area contributed by atoms with Crippen molar-refractivity contribution in [1.82, 2.24) is 10.2 Å². The molecule has 0 saturated carbocycles. The number of hydrogen-bond donors (Lipinski definition) is 1. The summed E-state index contributed by atoms with van der Waals surface area (Å²) >= 11 is 0. The number of amides is 2. The van der Waals surface area contributed by atoms with E-state index in [4.69, 9.17) is 10.00 Å². The van der Waals surface area contributed by atoms with E-state index in [-0.39, 0.29) is 24.2 Å². The van der Waals surface area contributed by atoms with Crippen LogP contribution in [0.15, 0.2) is 24.3 Å². The Hall–Kier alpha value is -2.26. The maximum absolute atomic E-state index is 12.6. The average molecular weight is 342 g/mol. The van der Waals surface area contributed by atoms with Gasteiger partial charge in [0.15, 0.2) is 0 Å². The smallest absolute Gasteiger partial charge is 0.318 e. The lowest BCUT2D eigenvalue weighted by Crippen LogP contribution is -2.57. The number of carbonyl (C=O) groups excluding carboxylic acids is 1. The molecule has 6 nitrogen and oxygen atoms in total. The summed E-state index contributed by atoms with van der Waals surface area (Å²) in [6.45, 7) is 7.13. The second-order valence-corrected chi connectivity index (χ2v) is 6.88. The van der Waals surface area contributed by atoms with Crippen molar-refractivity contribution in [3.63, 3.8) is 0 Å². The van der Waals surface area contributed by atoms with E-state index in [1.807, 2.05) is 43.0 Å². The Morgan fingerprint density at radius 1 is 1.20 bits per heavy atom. The average Bonchev–Trinajstić information content (AvgIpc) is 2.64. The highest BCUT2D eigenvalue weighted by molar-refractivity contribution is 5.75. The van der Waals surface area contributed by atoms with E-state index in [9.17, 15) is 4.79 Å². The molecule has 1 N–H and O–H groups in total. The molecule has 1 aromatic rings. The molecule has 6 heteroatoms. The number of nitrogens with zero attached hydrogens (tertiary/aromatic N) is 3. The summed E-state index contributed by atoms with van der Waals surface area (Å²) < 4.78 is 5.59. The van der Waals surface area contributed by atoms with Crippen LogP contribution in [0.3, 0.4) is 0 Å². The van der Waals surface area contributed by atoms with Crippen LogP contribution in [0.4, 0.5) is 10.5 Å². The summed E-state index contributed by atoms with van der Waals surface area (Å²) in [6.07, 6.45) is 1.94. The van der Waals surface area contributed by atoms with Crippen LogP contribution in [0.5, 0.6) is 0 Å². The molecule has 2 heterocycles. The third-order valence-electron chi connectivity index (χ3n) is 5.33. The van der Waals surface area contributed by atoms with Crippen molar-refractivity contribution in [3.8, 4) is 6.07 Å². The van der Waals surface area contributed by atoms with Crippen molar-refractivity contribution in [2.75, 3.05) is 31.1 Å². The molecule has 2 aliphatic heterocycles. The molecule has 0 bridgehead atoms. The predicted molar refractivity (Wildman–Crippen MR) is 96.5 cm³/mol. The Morgan fingerprint density at radius 2 is 1.88 bits per heavy atom. The monoisotopic (exact) mass is 342 g/mol. The molecule has 3 rings (SSSR count). The quantitative estimate of drug-likeness (QED) is 0.896. The maximum atomic E-state index is 12.6. The number of benzene rings is 1. The van der Waals surface area contributed by atoms with Gasteiger partial charge < -0.3 is 19.9 Å². The summed E-state index contributed by atoms with van der Waals surface area (Å²) in [4.78, 5) is 16.8. The van der Waals surface area contributed by atoms with Gasteiger partial charge >= 0.3 is 6.03 Å². The van der Waals surface area contributed by atoms with Crippen LogP contribution in [-0.4, -0.2) is 55.4 Å². The van der Waals surface area contributed by atoms with Crippen LogP contribution >= 0.6 is 0 Å². The number of hydrogen-bond acceptors (Lipinski definition) is 4. The molecule has 0 aliphatic carbocycles. The summed E-state index contributed by atoms with van der Waals surface area (Å²) in [6, 6.07) is 10.2. The molecule has 0 spiro atoms. The Balaban J connectivity index is 1.50. The van der Waals surface area contributed by atoms with Gasteiger partial charge in [-0.3, -0.25) is 0 Å². The number of piperidine rings is 1. The molecule has 0 aromatic heterocycles. The van der Waals surface area contributed by atoms with Gasteiger partial charge in [-0.1, -0.05) is 0 Å². The first-order valence-corrected chi connectivity index (χ1v) is 9.02. The first-order valence-electron chi connectivity index (χ1n) is 9.02. The lowest BCUT2D eigenvalue weighted by atomic mass is 10.0. The van der Waals surface area contributed by atoms with Gasteiger partial charge in [-0.15, -0.1) is 0 Å². The Bertz CT molecular complexity index is 632. The predicted octanol–water partition coefficient (Wildman–Crippen LogP) is 2.35. The minimum Gasteiger partial charge on any atom is -0.375 e. The number of ether oxygens (including phenoxy) is 1. The van der Waals surface area contributed by atoms with Gasteiger partial charge in [0.2, 0.25) is 0 Å². The molecule has 134 valence electrons. The van der Waals surface area contributed by atoms with Crippen LogP contribution < -0.4 is 10.2 Å². The number of nitrogens with one attached hydrogen (secondary N) is 1. The van der Waals surface area contributed by atoms with Crippen LogP contribution in [-0.2, 0) is 4.74 Å². The molecular formula is C19H26N4O2. The summed E-state index contributed by atoms with van der Waals surface area (Å²) in [5.41, 5.74) is 1.82. The highest BCUT2D eigenvalue weighted by Crippen LogP contribution is 2.21. The Labute approximate surface area is 149 Å². The van der Waals surface area contributed by atoms with Crippen molar-refractivity contribution >= 4 is 11.7 Å². The topological polar surface area (TPSA) is 68.6 Å². The zero-order valence-electron chi connectivity index (χ0n) is 14.9. The second kappa shape index (κ2) is 7.75. The van der Waals surface area contributed by atoms with E-state index < -0.39 is 0 Å². The van der Waals surface area contributed by atoms with E-state index in [0.717, 1.165) is 31.6 Å². The molecular weight excluding hydrogens is 316 g/mol. The van der Waals surface area contributed by atoms with Crippen molar-refractivity contribution in [2.45, 2.75) is 44.9 Å². The molecule has 2 saturated heterocycles. The molecule has 0 unspecified atom stereocenters. The number of urea groups is 1. The number of anilines is 1. The zero-order chi connectivity index (χ0) is 17.8. The fourth-order valence-corrected chi connectivity index (χ4v) is 3.51. The van der Waals surface area contributed by atoms with E-state index >= 15 is 0 Å². The van der Waals surface area contributed by atoms with Crippen LogP contribution in [0.1, 0.15) is 32.3 Å². The van der Waals surface area contributed by atoms with Crippen molar-refractivity contribution in [3.05, 3.63) is 29.8 Å². The largest absolute Gasteiger partial charge is 0.375 e. The minimum absolute atomic E-state index is 0.0273.